The van der Waals surface area contributed by atoms with E-state index in [0.29, 0.717) is 12.7 Å². The van der Waals surface area contributed by atoms with Gasteiger partial charge in [-0.3, -0.25) is 0 Å². The van der Waals surface area contributed by atoms with Gasteiger partial charge < -0.3 is 20.5 Å². The fraction of sp³-hybridized carbons (Fsp3) is 0.538. The zero-order chi connectivity index (χ0) is 11.8. The average Bonchev–Trinajstić information content (AvgIpc) is 2.97. The molecular weight excluding hydrogens is 216 g/mol. The molecule has 2 heterocycles. The maximum atomic E-state index is 6.36. The van der Waals surface area contributed by atoms with Gasteiger partial charge in [0.1, 0.15) is 0 Å². The molecule has 4 nitrogen and oxygen atoms in total. The highest BCUT2D eigenvalue weighted by atomic mass is 16.7. The second-order valence-corrected chi connectivity index (χ2v) is 4.84. The third-order valence-corrected chi connectivity index (χ3v) is 3.73. The topological polar surface area (TPSA) is 56.5 Å². The van der Waals surface area contributed by atoms with Crippen LogP contribution >= 0.6 is 0 Å². The van der Waals surface area contributed by atoms with E-state index in [9.17, 15) is 0 Å². The van der Waals surface area contributed by atoms with Crippen molar-refractivity contribution < 1.29 is 9.47 Å². The number of nitrogens with one attached hydrogen (secondary N) is 1. The van der Waals surface area contributed by atoms with Gasteiger partial charge >= 0.3 is 0 Å². The lowest BCUT2D eigenvalue weighted by atomic mass is 9.90. The SMILES string of the molecule is Cc1cc2c(cc1C(N)C1CCNC1)OCO2. The van der Waals surface area contributed by atoms with E-state index >= 15 is 0 Å². The van der Waals surface area contributed by atoms with Crippen LogP contribution in [0, 0.1) is 12.8 Å². The lowest BCUT2D eigenvalue weighted by molar-refractivity contribution is 0.174. The van der Waals surface area contributed by atoms with Crippen molar-refractivity contribution in [3.8, 4) is 11.5 Å². The number of aryl methyl sites for hydroxylation is 1. The predicted molar refractivity (Wildman–Crippen MR) is 65.2 cm³/mol. The summed E-state index contributed by atoms with van der Waals surface area (Å²) in [5.74, 6) is 2.18. The molecule has 92 valence electrons. The van der Waals surface area contributed by atoms with Crippen LogP contribution in [-0.2, 0) is 0 Å². The molecule has 0 saturated carbocycles. The zero-order valence-electron chi connectivity index (χ0n) is 10.0. The number of ether oxygens (including phenoxy) is 2. The smallest absolute Gasteiger partial charge is 0.231 e. The summed E-state index contributed by atoms with van der Waals surface area (Å²) in [7, 11) is 0. The van der Waals surface area contributed by atoms with E-state index in [2.05, 4.69) is 12.2 Å². The number of nitrogens with two attached hydrogens (primary N) is 1. The predicted octanol–water partition coefficient (Wildman–Crippen LogP) is 1.33. The first-order valence-electron chi connectivity index (χ1n) is 6.12. The standard InChI is InChI=1S/C13H18N2O2/c1-8-4-11-12(17-7-16-11)5-10(8)13(14)9-2-3-15-6-9/h4-5,9,13,15H,2-3,6-7,14H2,1H3. The van der Waals surface area contributed by atoms with Crippen LogP contribution in [-0.4, -0.2) is 19.9 Å². The zero-order valence-corrected chi connectivity index (χ0v) is 10.0. The highest BCUT2D eigenvalue weighted by Crippen LogP contribution is 2.38. The Labute approximate surface area is 101 Å². The van der Waals surface area contributed by atoms with Crippen molar-refractivity contribution >= 4 is 0 Å². The summed E-state index contributed by atoms with van der Waals surface area (Å²) >= 11 is 0. The van der Waals surface area contributed by atoms with Gasteiger partial charge in [0.2, 0.25) is 6.79 Å². The highest BCUT2D eigenvalue weighted by molar-refractivity contribution is 5.49. The summed E-state index contributed by atoms with van der Waals surface area (Å²) in [4.78, 5) is 0. The van der Waals surface area contributed by atoms with Crippen LogP contribution in [0.5, 0.6) is 11.5 Å². The second kappa shape index (κ2) is 4.20. The van der Waals surface area contributed by atoms with Crippen molar-refractivity contribution in [1.29, 1.82) is 0 Å². The first kappa shape index (κ1) is 10.9. The van der Waals surface area contributed by atoms with Gasteiger partial charge in [0.15, 0.2) is 11.5 Å². The fourth-order valence-corrected chi connectivity index (χ4v) is 2.66. The largest absolute Gasteiger partial charge is 0.454 e. The molecular formula is C13H18N2O2. The van der Waals surface area contributed by atoms with E-state index in [1.165, 1.54) is 11.1 Å². The normalized spacial score (nSPS) is 24.0. The van der Waals surface area contributed by atoms with Gasteiger partial charge in [0, 0.05) is 6.04 Å². The van der Waals surface area contributed by atoms with Crippen LogP contribution in [0.2, 0.25) is 0 Å². The molecule has 1 fully saturated rings. The molecule has 4 heteroatoms. The first-order chi connectivity index (χ1) is 8.25. The summed E-state index contributed by atoms with van der Waals surface area (Å²) in [6, 6.07) is 4.15. The minimum Gasteiger partial charge on any atom is -0.454 e. The molecule has 3 rings (SSSR count). The third-order valence-electron chi connectivity index (χ3n) is 3.73. The number of hydrogen-bond acceptors (Lipinski definition) is 4. The Morgan fingerprint density at radius 3 is 2.82 bits per heavy atom. The number of hydrogen-bond donors (Lipinski definition) is 2. The molecule has 2 aliphatic rings. The molecule has 17 heavy (non-hydrogen) atoms. The Kier molecular flexibility index (Phi) is 2.68. The summed E-state index contributed by atoms with van der Waals surface area (Å²) < 4.78 is 10.8. The van der Waals surface area contributed by atoms with Gasteiger partial charge in [-0.15, -0.1) is 0 Å². The molecule has 3 N–H and O–H groups in total. The average molecular weight is 234 g/mol. The Morgan fingerprint density at radius 2 is 2.12 bits per heavy atom. The maximum Gasteiger partial charge on any atom is 0.231 e. The van der Waals surface area contributed by atoms with Crippen molar-refractivity contribution in [3.63, 3.8) is 0 Å². The number of rotatable bonds is 2. The molecule has 1 aromatic carbocycles. The highest BCUT2D eigenvalue weighted by Gasteiger charge is 2.26. The lowest BCUT2D eigenvalue weighted by Crippen LogP contribution is -2.24. The van der Waals surface area contributed by atoms with Gasteiger partial charge in [0.05, 0.1) is 0 Å². The van der Waals surface area contributed by atoms with E-state index in [1.807, 2.05) is 12.1 Å². The molecule has 0 radical (unpaired) electrons. The summed E-state index contributed by atoms with van der Waals surface area (Å²) in [6.45, 7) is 4.48. The van der Waals surface area contributed by atoms with Crippen LogP contribution < -0.4 is 20.5 Å². The Bertz CT molecular complexity index is 428. The summed E-state index contributed by atoms with van der Waals surface area (Å²) in [6.07, 6.45) is 1.15. The van der Waals surface area contributed by atoms with E-state index in [4.69, 9.17) is 15.2 Å². The minimum absolute atomic E-state index is 0.0829. The molecule has 0 spiro atoms. The van der Waals surface area contributed by atoms with E-state index in [-0.39, 0.29) is 6.04 Å². The maximum absolute atomic E-state index is 6.36. The van der Waals surface area contributed by atoms with E-state index in [1.54, 1.807) is 0 Å². The second-order valence-electron chi connectivity index (χ2n) is 4.84. The number of fused-ring (bicyclic) bond motifs is 1. The molecule has 2 atom stereocenters. The minimum atomic E-state index is 0.0829. The van der Waals surface area contributed by atoms with E-state index in [0.717, 1.165) is 31.0 Å². The Hall–Kier alpha value is -1.26. The molecule has 2 unspecified atom stereocenters. The molecule has 1 aromatic rings. The molecule has 0 amide bonds. The van der Waals surface area contributed by atoms with Crippen LogP contribution in [0.1, 0.15) is 23.6 Å². The van der Waals surface area contributed by atoms with Crippen molar-refractivity contribution in [2.75, 3.05) is 19.9 Å². The molecule has 2 aliphatic heterocycles. The molecule has 0 bridgehead atoms. The van der Waals surface area contributed by atoms with Gasteiger partial charge in [-0.25, -0.2) is 0 Å². The van der Waals surface area contributed by atoms with Gasteiger partial charge in [-0.05, 0) is 55.6 Å². The summed E-state index contributed by atoms with van der Waals surface area (Å²) in [5, 5.41) is 3.36. The van der Waals surface area contributed by atoms with Crippen LogP contribution in [0.25, 0.3) is 0 Å². The Morgan fingerprint density at radius 1 is 1.35 bits per heavy atom. The van der Waals surface area contributed by atoms with E-state index < -0.39 is 0 Å². The van der Waals surface area contributed by atoms with Crippen molar-refractivity contribution in [2.24, 2.45) is 11.7 Å². The first-order valence-corrected chi connectivity index (χ1v) is 6.12. The quantitative estimate of drug-likeness (QED) is 0.810. The molecule has 1 saturated heterocycles. The lowest BCUT2D eigenvalue weighted by Gasteiger charge is -2.21. The van der Waals surface area contributed by atoms with Gasteiger partial charge in [0.25, 0.3) is 0 Å². The Balaban J connectivity index is 1.91. The third kappa shape index (κ3) is 1.87. The van der Waals surface area contributed by atoms with Crippen molar-refractivity contribution in [1.82, 2.24) is 5.32 Å². The summed E-state index contributed by atoms with van der Waals surface area (Å²) in [5.41, 5.74) is 8.73. The van der Waals surface area contributed by atoms with Gasteiger partial charge in [-0.2, -0.15) is 0 Å². The fourth-order valence-electron chi connectivity index (χ4n) is 2.66. The monoisotopic (exact) mass is 234 g/mol. The van der Waals surface area contributed by atoms with Crippen molar-refractivity contribution in [2.45, 2.75) is 19.4 Å². The van der Waals surface area contributed by atoms with Crippen LogP contribution in [0.4, 0.5) is 0 Å². The molecule has 0 aromatic heterocycles. The van der Waals surface area contributed by atoms with Gasteiger partial charge in [-0.1, -0.05) is 0 Å². The van der Waals surface area contributed by atoms with Crippen LogP contribution in [0.15, 0.2) is 12.1 Å². The molecule has 0 aliphatic carbocycles. The number of benzene rings is 1. The van der Waals surface area contributed by atoms with Crippen molar-refractivity contribution in [3.05, 3.63) is 23.3 Å². The van der Waals surface area contributed by atoms with Crippen LogP contribution in [0.3, 0.4) is 0 Å².